The Kier molecular flexibility index (Phi) is 5.28. The summed E-state index contributed by atoms with van der Waals surface area (Å²) in [6.07, 6.45) is 0.948. The van der Waals surface area contributed by atoms with Gasteiger partial charge in [0.1, 0.15) is 0 Å². The highest BCUT2D eigenvalue weighted by Crippen LogP contribution is 2.28. The first-order valence-corrected chi connectivity index (χ1v) is 6.20. The van der Waals surface area contributed by atoms with E-state index in [9.17, 15) is 10.1 Å². The van der Waals surface area contributed by atoms with E-state index in [0.717, 1.165) is 17.7 Å². The third-order valence-electron chi connectivity index (χ3n) is 2.62. The third kappa shape index (κ3) is 3.93. The molecule has 94 valence electrons. The van der Waals surface area contributed by atoms with Crippen LogP contribution in [0, 0.1) is 23.0 Å². The summed E-state index contributed by atoms with van der Waals surface area (Å²) in [6, 6.07) is 4.89. The van der Waals surface area contributed by atoms with Gasteiger partial charge in [-0.3, -0.25) is 10.1 Å². The van der Waals surface area contributed by atoms with Gasteiger partial charge in [-0.25, -0.2) is 0 Å². The lowest BCUT2D eigenvalue weighted by atomic mass is 10.1. The number of thiol groups is 1. The van der Waals surface area contributed by atoms with Crippen molar-refractivity contribution in [3.63, 3.8) is 0 Å². The number of hydrogen-bond acceptors (Lipinski definition) is 4. The van der Waals surface area contributed by atoms with Gasteiger partial charge in [-0.05, 0) is 30.7 Å². The van der Waals surface area contributed by atoms with Gasteiger partial charge in [0.05, 0.1) is 11.5 Å². The largest absolute Gasteiger partial charge is 0.486 e. The molecular weight excluding hydrogens is 238 g/mol. The van der Waals surface area contributed by atoms with E-state index >= 15 is 0 Å². The summed E-state index contributed by atoms with van der Waals surface area (Å²) in [5.41, 5.74) is 0.967. The SMILES string of the molecule is CCC(CS)COc1cc(C)ccc1[N+](=O)[O-]. The van der Waals surface area contributed by atoms with E-state index in [1.54, 1.807) is 12.1 Å². The van der Waals surface area contributed by atoms with Gasteiger partial charge >= 0.3 is 5.69 Å². The van der Waals surface area contributed by atoms with E-state index < -0.39 is 4.92 Å². The molecule has 0 aliphatic rings. The minimum Gasteiger partial charge on any atom is -0.486 e. The summed E-state index contributed by atoms with van der Waals surface area (Å²) in [5.74, 6) is 1.38. The summed E-state index contributed by atoms with van der Waals surface area (Å²) >= 11 is 4.22. The number of nitrogens with zero attached hydrogens (tertiary/aromatic N) is 1. The molecule has 0 aromatic heterocycles. The normalized spacial score (nSPS) is 12.2. The zero-order chi connectivity index (χ0) is 12.8. The Bertz CT molecular complexity index is 391. The van der Waals surface area contributed by atoms with Gasteiger partial charge in [0.2, 0.25) is 0 Å². The zero-order valence-corrected chi connectivity index (χ0v) is 10.9. The molecule has 0 amide bonds. The molecule has 1 atom stereocenters. The highest BCUT2D eigenvalue weighted by molar-refractivity contribution is 7.80. The Hall–Kier alpha value is -1.23. The van der Waals surface area contributed by atoms with Crippen LogP contribution in [0.15, 0.2) is 18.2 Å². The van der Waals surface area contributed by atoms with E-state index in [-0.39, 0.29) is 5.69 Å². The molecule has 1 aromatic rings. The second-order valence-electron chi connectivity index (χ2n) is 4.00. The average molecular weight is 255 g/mol. The fourth-order valence-electron chi connectivity index (χ4n) is 1.40. The molecule has 0 N–H and O–H groups in total. The molecule has 0 aliphatic carbocycles. The van der Waals surface area contributed by atoms with Gasteiger partial charge in [0, 0.05) is 12.0 Å². The van der Waals surface area contributed by atoms with E-state index in [0.29, 0.717) is 18.3 Å². The summed E-state index contributed by atoms with van der Waals surface area (Å²) in [4.78, 5) is 10.4. The third-order valence-corrected chi connectivity index (χ3v) is 3.14. The molecule has 0 saturated carbocycles. The van der Waals surface area contributed by atoms with Gasteiger partial charge < -0.3 is 4.74 Å². The van der Waals surface area contributed by atoms with E-state index in [1.807, 2.05) is 6.92 Å². The molecule has 1 rings (SSSR count). The van der Waals surface area contributed by atoms with E-state index in [1.165, 1.54) is 6.07 Å². The zero-order valence-electron chi connectivity index (χ0n) is 10.0. The summed E-state index contributed by atoms with van der Waals surface area (Å²) in [7, 11) is 0. The Morgan fingerprint density at radius 2 is 2.24 bits per heavy atom. The van der Waals surface area contributed by atoms with Crippen LogP contribution in [-0.2, 0) is 0 Å². The lowest BCUT2D eigenvalue weighted by Crippen LogP contribution is -2.13. The molecule has 0 saturated heterocycles. The molecule has 0 radical (unpaired) electrons. The van der Waals surface area contributed by atoms with Crippen molar-refractivity contribution < 1.29 is 9.66 Å². The second kappa shape index (κ2) is 6.49. The summed E-state index contributed by atoms with van der Waals surface area (Å²) in [5, 5.41) is 10.8. The molecular formula is C12H17NO3S. The number of ether oxygens (including phenoxy) is 1. The van der Waals surface area contributed by atoms with E-state index in [2.05, 4.69) is 19.6 Å². The average Bonchev–Trinajstić information content (AvgIpc) is 2.30. The van der Waals surface area contributed by atoms with Crippen LogP contribution in [0.2, 0.25) is 0 Å². The number of benzene rings is 1. The Morgan fingerprint density at radius 3 is 2.76 bits per heavy atom. The van der Waals surface area contributed by atoms with Gasteiger partial charge in [-0.2, -0.15) is 12.6 Å². The molecule has 0 fully saturated rings. The van der Waals surface area contributed by atoms with Crippen molar-refractivity contribution in [2.45, 2.75) is 20.3 Å². The van der Waals surface area contributed by atoms with Crippen molar-refractivity contribution in [3.05, 3.63) is 33.9 Å². The summed E-state index contributed by atoms with van der Waals surface area (Å²) in [6.45, 7) is 4.39. The first kappa shape index (κ1) is 13.8. The molecule has 17 heavy (non-hydrogen) atoms. The number of hydrogen-bond donors (Lipinski definition) is 1. The van der Waals surface area contributed by atoms with Crippen molar-refractivity contribution in [2.24, 2.45) is 5.92 Å². The Labute approximate surface area is 107 Å². The quantitative estimate of drug-likeness (QED) is 0.482. The van der Waals surface area contributed by atoms with Gasteiger partial charge in [-0.15, -0.1) is 0 Å². The number of nitro groups is 1. The van der Waals surface area contributed by atoms with Crippen LogP contribution in [0.3, 0.4) is 0 Å². The van der Waals surface area contributed by atoms with Crippen LogP contribution in [0.4, 0.5) is 5.69 Å². The first-order chi connectivity index (χ1) is 8.08. The standard InChI is InChI=1S/C12H17NO3S/c1-3-10(8-17)7-16-12-6-9(2)4-5-11(12)13(14)15/h4-6,10,17H,3,7-8H2,1-2H3. The lowest BCUT2D eigenvalue weighted by molar-refractivity contribution is -0.385. The molecule has 1 aromatic carbocycles. The fourth-order valence-corrected chi connectivity index (χ4v) is 1.76. The number of rotatable bonds is 6. The van der Waals surface area contributed by atoms with Crippen molar-refractivity contribution in [1.82, 2.24) is 0 Å². The molecule has 1 unspecified atom stereocenters. The predicted molar refractivity (Wildman–Crippen MR) is 71.0 cm³/mol. The van der Waals surface area contributed by atoms with Crippen LogP contribution >= 0.6 is 12.6 Å². The monoisotopic (exact) mass is 255 g/mol. The summed E-state index contributed by atoms with van der Waals surface area (Å²) < 4.78 is 5.53. The molecule has 4 nitrogen and oxygen atoms in total. The van der Waals surface area contributed by atoms with Crippen LogP contribution < -0.4 is 4.74 Å². The number of nitro benzene ring substituents is 1. The highest BCUT2D eigenvalue weighted by Gasteiger charge is 2.16. The minimum absolute atomic E-state index is 0.0182. The van der Waals surface area contributed by atoms with E-state index in [4.69, 9.17) is 4.74 Å². The van der Waals surface area contributed by atoms with Gasteiger partial charge in [0.25, 0.3) is 0 Å². The maximum absolute atomic E-state index is 10.8. The molecule has 5 heteroatoms. The Morgan fingerprint density at radius 1 is 1.53 bits per heavy atom. The maximum atomic E-state index is 10.8. The smallest absolute Gasteiger partial charge is 0.310 e. The predicted octanol–water partition coefficient (Wildman–Crippen LogP) is 3.24. The minimum atomic E-state index is -0.420. The fraction of sp³-hybridized carbons (Fsp3) is 0.500. The molecule has 0 spiro atoms. The van der Waals surface area contributed by atoms with Crippen molar-refractivity contribution in [3.8, 4) is 5.75 Å². The molecule has 0 heterocycles. The van der Waals surface area contributed by atoms with Crippen molar-refractivity contribution in [2.75, 3.05) is 12.4 Å². The Balaban J connectivity index is 2.81. The highest BCUT2D eigenvalue weighted by atomic mass is 32.1. The van der Waals surface area contributed by atoms with Crippen molar-refractivity contribution >= 4 is 18.3 Å². The number of aryl methyl sites for hydroxylation is 1. The van der Waals surface area contributed by atoms with Gasteiger partial charge in [0.15, 0.2) is 5.75 Å². The van der Waals surface area contributed by atoms with Crippen LogP contribution in [0.25, 0.3) is 0 Å². The second-order valence-corrected chi connectivity index (χ2v) is 4.36. The topological polar surface area (TPSA) is 52.4 Å². The van der Waals surface area contributed by atoms with Gasteiger partial charge in [-0.1, -0.05) is 13.0 Å². The molecule has 0 aliphatic heterocycles. The van der Waals surface area contributed by atoms with Crippen LogP contribution in [-0.4, -0.2) is 17.3 Å². The first-order valence-electron chi connectivity index (χ1n) is 5.57. The van der Waals surface area contributed by atoms with Crippen LogP contribution in [0.5, 0.6) is 5.75 Å². The molecule has 0 bridgehead atoms. The van der Waals surface area contributed by atoms with Crippen LogP contribution in [0.1, 0.15) is 18.9 Å². The van der Waals surface area contributed by atoms with Crippen molar-refractivity contribution in [1.29, 1.82) is 0 Å². The maximum Gasteiger partial charge on any atom is 0.310 e. The lowest BCUT2D eigenvalue weighted by Gasteiger charge is -2.13.